The van der Waals surface area contributed by atoms with Crippen molar-refractivity contribution in [3.8, 4) is 0 Å². The summed E-state index contributed by atoms with van der Waals surface area (Å²) in [6, 6.07) is 0.141. The Balaban J connectivity index is 1.76. The molecule has 1 N–H and O–H groups in total. The Labute approximate surface area is 134 Å². The van der Waals surface area contributed by atoms with E-state index in [2.05, 4.69) is 17.1 Å². The number of alkyl carbamates (subject to hydrolysis) is 1. The van der Waals surface area contributed by atoms with Crippen LogP contribution in [-0.2, 0) is 9.47 Å². The third-order valence-electron chi connectivity index (χ3n) is 4.48. The van der Waals surface area contributed by atoms with Gasteiger partial charge in [0.05, 0.1) is 6.10 Å². The van der Waals surface area contributed by atoms with Gasteiger partial charge in [-0.3, -0.25) is 0 Å². The number of likely N-dealkylation sites (tertiary alicyclic amines) is 1. The van der Waals surface area contributed by atoms with Gasteiger partial charge in [0.2, 0.25) is 0 Å². The van der Waals surface area contributed by atoms with Gasteiger partial charge in [-0.15, -0.1) is 0 Å². The van der Waals surface area contributed by atoms with Crippen LogP contribution < -0.4 is 5.32 Å². The van der Waals surface area contributed by atoms with E-state index in [1.54, 1.807) is 0 Å². The molecule has 128 valence electrons. The Hall–Kier alpha value is -0.810. The molecular formula is C17H32N2O3. The number of hydrogen-bond acceptors (Lipinski definition) is 4. The molecule has 0 spiro atoms. The second kappa shape index (κ2) is 7.64. The molecule has 5 nitrogen and oxygen atoms in total. The van der Waals surface area contributed by atoms with Crippen molar-refractivity contribution >= 4 is 6.09 Å². The molecule has 5 heteroatoms. The highest BCUT2D eigenvalue weighted by atomic mass is 16.6. The van der Waals surface area contributed by atoms with E-state index in [0.717, 1.165) is 26.2 Å². The second-order valence-corrected chi connectivity index (χ2v) is 7.73. The minimum absolute atomic E-state index is 0.141. The molecule has 0 aromatic rings. The molecule has 0 radical (unpaired) electrons. The van der Waals surface area contributed by atoms with Crippen molar-refractivity contribution in [1.82, 2.24) is 10.2 Å². The van der Waals surface area contributed by atoms with Crippen LogP contribution in [0.5, 0.6) is 0 Å². The van der Waals surface area contributed by atoms with Gasteiger partial charge >= 0.3 is 6.09 Å². The molecule has 3 atom stereocenters. The van der Waals surface area contributed by atoms with Gasteiger partial charge in [0.25, 0.3) is 0 Å². The molecule has 2 rings (SSSR count). The van der Waals surface area contributed by atoms with Crippen LogP contribution in [0.1, 0.15) is 53.4 Å². The van der Waals surface area contributed by atoms with E-state index in [4.69, 9.17) is 9.47 Å². The standard InChI is InChI=1S/C17H32N2O3/c1-13(18-16(20)22-17(2,3)4)14-7-5-9-19(11-14)12-15-8-6-10-21-15/h13-15H,5-12H2,1-4H3,(H,18,20)/t13-,14+,15-/m0/s1. The summed E-state index contributed by atoms with van der Waals surface area (Å²) < 4.78 is 11.1. The van der Waals surface area contributed by atoms with Crippen LogP contribution in [0.15, 0.2) is 0 Å². The lowest BCUT2D eigenvalue weighted by Crippen LogP contribution is -2.48. The average molecular weight is 312 g/mol. The van der Waals surface area contributed by atoms with Gasteiger partial charge in [0.1, 0.15) is 5.60 Å². The summed E-state index contributed by atoms with van der Waals surface area (Å²) in [5, 5.41) is 3.00. The van der Waals surface area contributed by atoms with Crippen molar-refractivity contribution in [3.63, 3.8) is 0 Å². The first-order valence-electron chi connectivity index (χ1n) is 8.67. The zero-order valence-corrected chi connectivity index (χ0v) is 14.6. The van der Waals surface area contributed by atoms with Crippen molar-refractivity contribution in [2.24, 2.45) is 5.92 Å². The minimum atomic E-state index is -0.442. The smallest absolute Gasteiger partial charge is 0.407 e. The van der Waals surface area contributed by atoms with E-state index < -0.39 is 5.60 Å². The highest BCUT2D eigenvalue weighted by Crippen LogP contribution is 2.22. The molecular weight excluding hydrogens is 280 g/mol. The third-order valence-corrected chi connectivity index (χ3v) is 4.48. The number of amides is 1. The molecule has 22 heavy (non-hydrogen) atoms. The zero-order valence-electron chi connectivity index (χ0n) is 14.6. The quantitative estimate of drug-likeness (QED) is 0.867. The normalized spacial score (nSPS) is 28.4. The predicted octanol–water partition coefficient (Wildman–Crippen LogP) is 2.79. The second-order valence-electron chi connectivity index (χ2n) is 7.73. The fourth-order valence-corrected chi connectivity index (χ4v) is 3.35. The van der Waals surface area contributed by atoms with Crippen molar-refractivity contribution < 1.29 is 14.3 Å². The van der Waals surface area contributed by atoms with Crippen LogP contribution in [0.2, 0.25) is 0 Å². The average Bonchev–Trinajstić information content (AvgIpc) is 2.89. The largest absolute Gasteiger partial charge is 0.444 e. The Morgan fingerprint density at radius 3 is 2.77 bits per heavy atom. The number of carbonyl (C=O) groups is 1. The maximum absolute atomic E-state index is 11.9. The number of nitrogens with zero attached hydrogens (tertiary/aromatic N) is 1. The molecule has 0 aliphatic carbocycles. The van der Waals surface area contributed by atoms with Gasteiger partial charge in [-0.2, -0.15) is 0 Å². The van der Waals surface area contributed by atoms with Gasteiger partial charge in [-0.1, -0.05) is 0 Å². The van der Waals surface area contributed by atoms with Crippen molar-refractivity contribution in [3.05, 3.63) is 0 Å². The molecule has 2 heterocycles. The summed E-state index contributed by atoms with van der Waals surface area (Å²) >= 11 is 0. The van der Waals surface area contributed by atoms with Crippen molar-refractivity contribution in [2.75, 3.05) is 26.2 Å². The lowest BCUT2D eigenvalue weighted by Gasteiger charge is -2.37. The topological polar surface area (TPSA) is 50.8 Å². The van der Waals surface area contributed by atoms with Crippen LogP contribution in [-0.4, -0.2) is 55.0 Å². The molecule has 0 bridgehead atoms. The first kappa shape index (κ1) is 17.5. The summed E-state index contributed by atoms with van der Waals surface area (Å²) in [5.41, 5.74) is -0.442. The van der Waals surface area contributed by atoms with E-state index in [1.807, 2.05) is 20.8 Å². The Bertz CT molecular complexity index is 361. The van der Waals surface area contributed by atoms with Crippen LogP contribution >= 0.6 is 0 Å². The minimum Gasteiger partial charge on any atom is -0.444 e. The van der Waals surface area contributed by atoms with E-state index in [-0.39, 0.29) is 12.1 Å². The monoisotopic (exact) mass is 312 g/mol. The van der Waals surface area contributed by atoms with E-state index in [1.165, 1.54) is 25.7 Å². The van der Waals surface area contributed by atoms with E-state index in [9.17, 15) is 4.79 Å². The Morgan fingerprint density at radius 1 is 1.36 bits per heavy atom. The van der Waals surface area contributed by atoms with E-state index in [0.29, 0.717) is 12.0 Å². The van der Waals surface area contributed by atoms with Gasteiger partial charge in [0.15, 0.2) is 0 Å². The summed E-state index contributed by atoms with van der Waals surface area (Å²) in [4.78, 5) is 14.4. The molecule has 0 unspecified atom stereocenters. The molecule has 2 aliphatic heterocycles. The lowest BCUT2D eigenvalue weighted by atomic mass is 9.91. The molecule has 2 fully saturated rings. The number of rotatable bonds is 4. The van der Waals surface area contributed by atoms with Crippen LogP contribution in [0.4, 0.5) is 4.79 Å². The van der Waals surface area contributed by atoms with Crippen LogP contribution in [0, 0.1) is 5.92 Å². The molecule has 2 aliphatic rings. The van der Waals surface area contributed by atoms with Crippen LogP contribution in [0.25, 0.3) is 0 Å². The maximum Gasteiger partial charge on any atom is 0.407 e. The number of ether oxygens (including phenoxy) is 2. The summed E-state index contributed by atoms with van der Waals surface area (Å²) in [5.74, 6) is 0.489. The Morgan fingerprint density at radius 2 is 2.14 bits per heavy atom. The molecule has 2 saturated heterocycles. The van der Waals surface area contributed by atoms with E-state index >= 15 is 0 Å². The summed E-state index contributed by atoms with van der Waals surface area (Å²) in [6.45, 7) is 11.9. The molecule has 0 aromatic heterocycles. The molecule has 0 saturated carbocycles. The highest BCUT2D eigenvalue weighted by Gasteiger charge is 2.29. The number of piperidine rings is 1. The maximum atomic E-state index is 11.9. The van der Waals surface area contributed by atoms with Crippen LogP contribution in [0.3, 0.4) is 0 Å². The lowest BCUT2D eigenvalue weighted by molar-refractivity contribution is 0.0398. The first-order valence-corrected chi connectivity index (χ1v) is 8.67. The third kappa shape index (κ3) is 5.76. The van der Waals surface area contributed by atoms with Crippen molar-refractivity contribution in [1.29, 1.82) is 0 Å². The van der Waals surface area contributed by atoms with Crippen molar-refractivity contribution in [2.45, 2.75) is 71.1 Å². The Kier molecular flexibility index (Phi) is 6.09. The molecule has 0 aromatic carbocycles. The predicted molar refractivity (Wildman–Crippen MR) is 87.0 cm³/mol. The van der Waals surface area contributed by atoms with Gasteiger partial charge in [0, 0.05) is 25.7 Å². The van der Waals surface area contributed by atoms with Gasteiger partial charge in [-0.05, 0) is 65.8 Å². The number of hydrogen-bond donors (Lipinski definition) is 1. The first-order chi connectivity index (χ1) is 10.3. The fourth-order valence-electron chi connectivity index (χ4n) is 3.35. The van der Waals surface area contributed by atoms with Gasteiger partial charge in [-0.25, -0.2) is 4.79 Å². The highest BCUT2D eigenvalue weighted by molar-refractivity contribution is 5.68. The number of nitrogens with one attached hydrogen (secondary N) is 1. The summed E-state index contributed by atoms with van der Waals surface area (Å²) in [6.07, 6.45) is 4.84. The molecule has 1 amide bonds. The zero-order chi connectivity index (χ0) is 16.2. The number of carbonyl (C=O) groups excluding carboxylic acids is 1. The fraction of sp³-hybridized carbons (Fsp3) is 0.941. The van der Waals surface area contributed by atoms with Gasteiger partial charge < -0.3 is 19.7 Å². The SMILES string of the molecule is C[C@H](NC(=O)OC(C)(C)C)[C@@H]1CCCN(C[C@@H]2CCCO2)C1. The summed E-state index contributed by atoms with van der Waals surface area (Å²) in [7, 11) is 0.